The van der Waals surface area contributed by atoms with Gasteiger partial charge in [0.2, 0.25) is 11.8 Å². The summed E-state index contributed by atoms with van der Waals surface area (Å²) in [6, 6.07) is 0. The molecule has 0 aromatic carbocycles. The molecule has 0 aliphatic heterocycles. The van der Waals surface area contributed by atoms with Crippen LogP contribution in [0.4, 0.5) is 0 Å². The molecule has 7 nitrogen and oxygen atoms in total. The van der Waals surface area contributed by atoms with Crippen LogP contribution in [0.5, 0.6) is 0 Å². The summed E-state index contributed by atoms with van der Waals surface area (Å²) in [7, 11) is 4.83. The first-order valence-electron chi connectivity index (χ1n) is 7.20. The van der Waals surface area contributed by atoms with Crippen molar-refractivity contribution in [3.05, 3.63) is 0 Å². The summed E-state index contributed by atoms with van der Waals surface area (Å²) < 4.78 is 0. The van der Waals surface area contributed by atoms with Crippen molar-refractivity contribution < 1.29 is 14.8 Å². The third-order valence-electron chi connectivity index (χ3n) is 3.58. The van der Waals surface area contributed by atoms with E-state index in [1.54, 1.807) is 21.1 Å². The predicted molar refractivity (Wildman–Crippen MR) is 82.0 cm³/mol. The van der Waals surface area contributed by atoms with E-state index >= 15 is 0 Å². The van der Waals surface area contributed by atoms with Crippen LogP contribution in [0.2, 0.25) is 0 Å². The minimum Gasteiger partial charge on any atom is -0.409 e. The number of hydrogen-bond donors (Lipinski definition) is 2. The maximum Gasteiger partial charge on any atom is 0.241 e. The summed E-state index contributed by atoms with van der Waals surface area (Å²) in [5, 5.41) is 12.1. The lowest BCUT2D eigenvalue weighted by molar-refractivity contribution is -0.143. The maximum absolute atomic E-state index is 12.8. The van der Waals surface area contributed by atoms with E-state index in [2.05, 4.69) is 5.16 Å². The molecule has 0 atom stereocenters. The summed E-state index contributed by atoms with van der Waals surface area (Å²) in [5.74, 6) is -0.538. The second kappa shape index (κ2) is 8.49. The molecule has 0 radical (unpaired) electrons. The molecule has 0 saturated carbocycles. The average molecular weight is 300 g/mol. The zero-order chi connectivity index (χ0) is 16.6. The van der Waals surface area contributed by atoms with Crippen LogP contribution in [0.25, 0.3) is 0 Å². The van der Waals surface area contributed by atoms with Crippen LogP contribution in [-0.4, -0.2) is 60.3 Å². The topological polar surface area (TPSA) is 99.2 Å². The van der Waals surface area contributed by atoms with Crippen LogP contribution in [0.3, 0.4) is 0 Å². The average Bonchev–Trinajstić information content (AvgIpc) is 2.44. The molecular formula is C14H28N4O3. The first-order valence-corrected chi connectivity index (χ1v) is 7.20. The van der Waals surface area contributed by atoms with Gasteiger partial charge in [0.05, 0.1) is 6.54 Å². The molecule has 21 heavy (non-hydrogen) atoms. The zero-order valence-electron chi connectivity index (χ0n) is 13.7. The van der Waals surface area contributed by atoms with Gasteiger partial charge in [0, 0.05) is 21.1 Å². The number of nitrogens with zero attached hydrogens (tertiary/aromatic N) is 3. The normalized spacial score (nSPS) is 12.1. The van der Waals surface area contributed by atoms with Gasteiger partial charge in [-0.25, -0.2) is 0 Å². The molecule has 0 fully saturated rings. The maximum atomic E-state index is 12.8. The molecule has 122 valence electrons. The van der Waals surface area contributed by atoms with Gasteiger partial charge < -0.3 is 20.7 Å². The molecule has 7 heteroatoms. The van der Waals surface area contributed by atoms with Crippen LogP contribution in [0.1, 0.15) is 39.5 Å². The van der Waals surface area contributed by atoms with Crippen LogP contribution >= 0.6 is 0 Å². The Morgan fingerprint density at radius 2 is 1.62 bits per heavy atom. The number of rotatable bonds is 8. The minimum atomic E-state index is -1.04. The van der Waals surface area contributed by atoms with Gasteiger partial charge in [0.25, 0.3) is 0 Å². The lowest BCUT2D eigenvalue weighted by Crippen LogP contribution is -2.52. The van der Waals surface area contributed by atoms with Crippen LogP contribution in [0, 0.1) is 5.41 Å². The van der Waals surface area contributed by atoms with Crippen molar-refractivity contribution in [2.24, 2.45) is 16.3 Å². The van der Waals surface area contributed by atoms with Gasteiger partial charge in [-0.2, -0.15) is 0 Å². The highest BCUT2D eigenvalue weighted by Gasteiger charge is 2.43. The molecule has 0 aromatic rings. The molecular weight excluding hydrogens is 272 g/mol. The Balaban J connectivity index is 5.40. The highest BCUT2D eigenvalue weighted by Crippen LogP contribution is 2.32. The number of nitrogens with two attached hydrogens (primary N) is 1. The Morgan fingerprint density at radius 3 is 1.95 bits per heavy atom. The number of amides is 2. The van der Waals surface area contributed by atoms with Gasteiger partial charge >= 0.3 is 0 Å². The van der Waals surface area contributed by atoms with Crippen LogP contribution in [0.15, 0.2) is 5.16 Å². The molecule has 0 aliphatic carbocycles. The summed E-state index contributed by atoms with van der Waals surface area (Å²) in [4.78, 5) is 27.3. The van der Waals surface area contributed by atoms with Gasteiger partial charge in [-0.15, -0.1) is 0 Å². The summed E-state index contributed by atoms with van der Waals surface area (Å²) in [6.45, 7) is 3.85. The molecule has 2 amide bonds. The first-order chi connectivity index (χ1) is 9.76. The quantitative estimate of drug-likeness (QED) is 0.301. The van der Waals surface area contributed by atoms with Crippen molar-refractivity contribution in [2.45, 2.75) is 39.5 Å². The van der Waals surface area contributed by atoms with Gasteiger partial charge in [0.15, 0.2) is 5.84 Å². The second-order valence-electron chi connectivity index (χ2n) is 5.52. The highest BCUT2D eigenvalue weighted by molar-refractivity contribution is 6.07. The lowest BCUT2D eigenvalue weighted by Gasteiger charge is -2.34. The Labute approximate surface area is 126 Å². The lowest BCUT2D eigenvalue weighted by atomic mass is 9.76. The Bertz CT molecular complexity index is 388. The van der Waals surface area contributed by atoms with Gasteiger partial charge in [-0.1, -0.05) is 31.8 Å². The van der Waals surface area contributed by atoms with Crippen molar-refractivity contribution in [2.75, 3.05) is 27.7 Å². The second-order valence-corrected chi connectivity index (χ2v) is 5.52. The molecule has 0 heterocycles. The zero-order valence-corrected chi connectivity index (χ0v) is 13.7. The number of carbonyl (C=O) groups is 2. The smallest absolute Gasteiger partial charge is 0.241 e. The van der Waals surface area contributed by atoms with E-state index < -0.39 is 5.41 Å². The first kappa shape index (κ1) is 19.2. The van der Waals surface area contributed by atoms with Crippen LogP contribution < -0.4 is 5.73 Å². The van der Waals surface area contributed by atoms with E-state index in [1.165, 1.54) is 9.80 Å². The Hall–Kier alpha value is -1.79. The molecule has 0 saturated heterocycles. The number of oxime groups is 1. The molecule has 0 unspecified atom stereocenters. The number of amidine groups is 1. The molecule has 0 spiro atoms. The number of carbonyl (C=O) groups excluding carboxylic acids is 2. The molecule has 0 aliphatic rings. The summed E-state index contributed by atoms with van der Waals surface area (Å²) >= 11 is 0. The Kier molecular flexibility index (Phi) is 7.76. The van der Waals surface area contributed by atoms with E-state index in [4.69, 9.17) is 10.9 Å². The Morgan fingerprint density at radius 1 is 1.14 bits per heavy atom. The number of hydrogen-bond acceptors (Lipinski definition) is 4. The van der Waals surface area contributed by atoms with Crippen molar-refractivity contribution in [3.63, 3.8) is 0 Å². The summed E-state index contributed by atoms with van der Waals surface area (Å²) in [6.07, 6.45) is 2.40. The highest BCUT2D eigenvalue weighted by atomic mass is 16.4. The van der Waals surface area contributed by atoms with E-state index in [0.717, 1.165) is 12.8 Å². The molecule has 0 bridgehead atoms. The van der Waals surface area contributed by atoms with E-state index in [9.17, 15) is 9.59 Å². The molecule has 3 N–H and O–H groups in total. The fourth-order valence-corrected chi connectivity index (χ4v) is 2.44. The fraction of sp³-hybridized carbons (Fsp3) is 0.786. The van der Waals surface area contributed by atoms with Gasteiger partial charge in [0.1, 0.15) is 5.41 Å². The van der Waals surface area contributed by atoms with E-state index in [1.807, 2.05) is 13.8 Å². The SMILES string of the molecule is CCCC(CCC)(C(=O)N(C)CC(=O)N(C)C)C(N)=NO. The van der Waals surface area contributed by atoms with Crippen LogP contribution in [-0.2, 0) is 9.59 Å². The standard InChI is InChI=1S/C14H28N4O3/c1-6-8-14(9-7-2,12(15)16-21)13(20)18(5)10-11(19)17(3)4/h21H,6-10H2,1-5H3,(H2,15,16). The molecule has 0 rings (SSSR count). The number of likely N-dealkylation sites (N-methyl/N-ethyl adjacent to an activating group) is 2. The minimum absolute atomic E-state index is 0.0281. The van der Waals surface area contributed by atoms with Crippen molar-refractivity contribution in [1.29, 1.82) is 0 Å². The molecule has 0 aromatic heterocycles. The van der Waals surface area contributed by atoms with Crippen molar-refractivity contribution in [3.8, 4) is 0 Å². The summed E-state index contributed by atoms with van der Waals surface area (Å²) in [5.41, 5.74) is 4.77. The third-order valence-corrected chi connectivity index (χ3v) is 3.58. The largest absolute Gasteiger partial charge is 0.409 e. The van der Waals surface area contributed by atoms with Crippen molar-refractivity contribution in [1.82, 2.24) is 9.80 Å². The van der Waals surface area contributed by atoms with E-state index in [-0.39, 0.29) is 24.2 Å². The predicted octanol–water partition coefficient (Wildman–Crippen LogP) is 0.866. The monoisotopic (exact) mass is 300 g/mol. The van der Waals surface area contributed by atoms with E-state index in [0.29, 0.717) is 12.8 Å². The van der Waals surface area contributed by atoms with Gasteiger partial charge in [-0.3, -0.25) is 9.59 Å². The third kappa shape index (κ3) is 4.61. The van der Waals surface area contributed by atoms with Gasteiger partial charge in [-0.05, 0) is 12.8 Å². The van der Waals surface area contributed by atoms with Crippen molar-refractivity contribution >= 4 is 17.6 Å². The fourth-order valence-electron chi connectivity index (χ4n) is 2.44.